The van der Waals surface area contributed by atoms with Gasteiger partial charge < -0.3 is 4.84 Å². The van der Waals surface area contributed by atoms with Crippen LogP contribution >= 0.6 is 0 Å². The molecule has 0 aliphatic heterocycles. The Kier molecular flexibility index (Phi) is 2.63. The van der Waals surface area contributed by atoms with E-state index in [-0.39, 0.29) is 12.2 Å². The van der Waals surface area contributed by atoms with Crippen LogP contribution in [0.5, 0.6) is 0 Å². The minimum absolute atomic E-state index is 0.0472. The standard InChI is InChI=1S/C10H9F4NO/c11-6-3-5(7(12)9(14)8(6)13)10(1-2-10)4-16-15/h3H,1-2,4,15H2. The van der Waals surface area contributed by atoms with Crippen LogP contribution in [0.2, 0.25) is 0 Å². The lowest BCUT2D eigenvalue weighted by Crippen LogP contribution is -2.21. The van der Waals surface area contributed by atoms with Crippen LogP contribution in [-0.4, -0.2) is 6.61 Å². The molecule has 2 N–H and O–H groups in total. The lowest BCUT2D eigenvalue weighted by molar-refractivity contribution is 0.114. The summed E-state index contributed by atoms with van der Waals surface area (Å²) in [5.74, 6) is -1.50. The first kappa shape index (κ1) is 11.3. The molecule has 0 aromatic heterocycles. The van der Waals surface area contributed by atoms with E-state index in [2.05, 4.69) is 4.84 Å². The average molecular weight is 235 g/mol. The first-order valence-corrected chi connectivity index (χ1v) is 4.67. The van der Waals surface area contributed by atoms with Crippen LogP contribution in [0, 0.1) is 23.3 Å². The monoisotopic (exact) mass is 235 g/mol. The Morgan fingerprint density at radius 1 is 1.12 bits per heavy atom. The molecule has 1 aliphatic rings. The highest BCUT2D eigenvalue weighted by molar-refractivity contribution is 5.34. The number of hydrogen-bond acceptors (Lipinski definition) is 2. The summed E-state index contributed by atoms with van der Waals surface area (Å²) in [6, 6.07) is 0.666. The zero-order valence-electron chi connectivity index (χ0n) is 8.20. The first-order valence-electron chi connectivity index (χ1n) is 4.67. The third-order valence-corrected chi connectivity index (χ3v) is 2.89. The van der Waals surface area contributed by atoms with Gasteiger partial charge in [-0.05, 0) is 18.9 Å². The fourth-order valence-electron chi connectivity index (χ4n) is 1.76. The number of benzene rings is 1. The van der Waals surface area contributed by atoms with E-state index in [1.807, 2.05) is 0 Å². The van der Waals surface area contributed by atoms with Crippen LogP contribution in [0.25, 0.3) is 0 Å². The molecule has 2 nitrogen and oxygen atoms in total. The van der Waals surface area contributed by atoms with Crippen molar-refractivity contribution in [2.24, 2.45) is 5.90 Å². The minimum atomic E-state index is -1.80. The fraction of sp³-hybridized carbons (Fsp3) is 0.400. The van der Waals surface area contributed by atoms with Crippen LogP contribution in [0.3, 0.4) is 0 Å². The van der Waals surface area contributed by atoms with Crippen LogP contribution in [0.4, 0.5) is 17.6 Å². The van der Waals surface area contributed by atoms with Gasteiger partial charge in [0.05, 0.1) is 6.61 Å². The summed E-state index contributed by atoms with van der Waals surface area (Å²) in [5, 5.41) is 0. The minimum Gasteiger partial charge on any atom is -0.304 e. The van der Waals surface area contributed by atoms with Gasteiger partial charge in [-0.25, -0.2) is 23.5 Å². The zero-order chi connectivity index (χ0) is 11.9. The highest BCUT2D eigenvalue weighted by atomic mass is 19.2. The highest BCUT2D eigenvalue weighted by Gasteiger charge is 2.47. The molecule has 0 spiro atoms. The summed E-state index contributed by atoms with van der Waals surface area (Å²) in [4.78, 5) is 4.38. The summed E-state index contributed by atoms with van der Waals surface area (Å²) in [6.07, 6.45) is 1.01. The van der Waals surface area contributed by atoms with Crippen molar-refractivity contribution in [2.45, 2.75) is 18.3 Å². The summed E-state index contributed by atoms with van der Waals surface area (Å²) in [7, 11) is 0. The molecule has 0 heterocycles. The molecule has 1 saturated carbocycles. The molecule has 6 heteroatoms. The van der Waals surface area contributed by atoms with Gasteiger partial charge >= 0.3 is 0 Å². The van der Waals surface area contributed by atoms with Crippen molar-refractivity contribution in [1.82, 2.24) is 0 Å². The quantitative estimate of drug-likeness (QED) is 0.377. The Labute approximate surface area is 89.0 Å². The lowest BCUT2D eigenvalue weighted by Gasteiger charge is -2.15. The smallest absolute Gasteiger partial charge is 0.197 e. The summed E-state index contributed by atoms with van der Waals surface area (Å²) < 4.78 is 52.1. The largest absolute Gasteiger partial charge is 0.304 e. The topological polar surface area (TPSA) is 35.2 Å². The van der Waals surface area contributed by atoms with Gasteiger partial charge in [0.15, 0.2) is 23.3 Å². The first-order chi connectivity index (χ1) is 7.52. The van der Waals surface area contributed by atoms with Gasteiger partial charge in [-0.15, -0.1) is 0 Å². The van der Waals surface area contributed by atoms with E-state index in [4.69, 9.17) is 5.90 Å². The molecule has 1 aromatic carbocycles. The summed E-state index contributed by atoms with van der Waals surface area (Å²) in [6.45, 7) is -0.0472. The third kappa shape index (κ3) is 1.58. The van der Waals surface area contributed by atoms with Gasteiger partial charge in [-0.1, -0.05) is 0 Å². The molecule has 0 amide bonds. The molecule has 0 saturated heterocycles. The molecule has 0 radical (unpaired) electrons. The van der Waals surface area contributed by atoms with Crippen molar-refractivity contribution in [1.29, 1.82) is 0 Å². The Balaban J connectivity index is 2.50. The maximum Gasteiger partial charge on any atom is 0.197 e. The Morgan fingerprint density at radius 2 is 1.75 bits per heavy atom. The van der Waals surface area contributed by atoms with Gasteiger partial charge in [0, 0.05) is 11.0 Å². The van der Waals surface area contributed by atoms with Gasteiger partial charge in [0.2, 0.25) is 0 Å². The maximum absolute atomic E-state index is 13.4. The van der Waals surface area contributed by atoms with Crippen LogP contribution in [-0.2, 0) is 10.3 Å². The van der Waals surface area contributed by atoms with Crippen LogP contribution < -0.4 is 5.90 Å². The van der Waals surface area contributed by atoms with E-state index in [1.54, 1.807) is 0 Å². The number of halogens is 4. The van der Waals surface area contributed by atoms with Crippen molar-refractivity contribution in [3.05, 3.63) is 34.9 Å². The molecule has 1 fully saturated rings. The van der Waals surface area contributed by atoms with Crippen molar-refractivity contribution in [3.8, 4) is 0 Å². The third-order valence-electron chi connectivity index (χ3n) is 2.89. The number of hydrogen-bond donors (Lipinski definition) is 1. The fourth-order valence-corrected chi connectivity index (χ4v) is 1.76. The predicted molar refractivity (Wildman–Crippen MR) is 47.3 cm³/mol. The van der Waals surface area contributed by atoms with Crippen molar-refractivity contribution < 1.29 is 22.4 Å². The van der Waals surface area contributed by atoms with Gasteiger partial charge in [-0.3, -0.25) is 0 Å². The van der Waals surface area contributed by atoms with Crippen LogP contribution in [0.1, 0.15) is 18.4 Å². The number of rotatable bonds is 3. The maximum atomic E-state index is 13.4. The van der Waals surface area contributed by atoms with E-state index < -0.39 is 28.7 Å². The normalized spacial score (nSPS) is 17.6. The molecule has 16 heavy (non-hydrogen) atoms. The summed E-state index contributed by atoms with van der Waals surface area (Å²) >= 11 is 0. The molecule has 1 aliphatic carbocycles. The summed E-state index contributed by atoms with van der Waals surface area (Å²) in [5.41, 5.74) is -1.02. The van der Waals surface area contributed by atoms with E-state index in [1.165, 1.54) is 0 Å². The average Bonchev–Trinajstić information content (AvgIpc) is 3.02. The second kappa shape index (κ2) is 3.71. The van der Waals surface area contributed by atoms with Crippen LogP contribution in [0.15, 0.2) is 6.07 Å². The van der Waals surface area contributed by atoms with E-state index in [9.17, 15) is 17.6 Å². The SMILES string of the molecule is NOCC1(c2cc(F)c(F)c(F)c2F)CC1. The van der Waals surface area contributed by atoms with Gasteiger partial charge in [0.1, 0.15) is 0 Å². The van der Waals surface area contributed by atoms with Crippen molar-refractivity contribution in [3.63, 3.8) is 0 Å². The lowest BCUT2D eigenvalue weighted by atomic mass is 9.96. The Morgan fingerprint density at radius 3 is 2.25 bits per heavy atom. The Bertz CT molecular complexity index is 431. The van der Waals surface area contributed by atoms with Gasteiger partial charge in [-0.2, -0.15) is 0 Å². The van der Waals surface area contributed by atoms with E-state index in [0.29, 0.717) is 18.9 Å². The molecule has 1 aromatic rings. The van der Waals surface area contributed by atoms with Gasteiger partial charge in [0.25, 0.3) is 0 Å². The predicted octanol–water partition coefficient (Wildman–Crippen LogP) is 2.16. The van der Waals surface area contributed by atoms with Crippen molar-refractivity contribution >= 4 is 0 Å². The molecule has 0 unspecified atom stereocenters. The Hall–Kier alpha value is -1.14. The molecular weight excluding hydrogens is 226 g/mol. The van der Waals surface area contributed by atoms with E-state index in [0.717, 1.165) is 0 Å². The molecule has 88 valence electrons. The zero-order valence-corrected chi connectivity index (χ0v) is 8.20. The molecular formula is C10H9F4NO. The molecule has 0 atom stereocenters. The number of nitrogens with two attached hydrogens (primary N) is 1. The van der Waals surface area contributed by atoms with Crippen molar-refractivity contribution in [2.75, 3.05) is 6.61 Å². The second-order valence-electron chi connectivity index (χ2n) is 3.94. The van der Waals surface area contributed by atoms with E-state index >= 15 is 0 Å². The molecule has 2 rings (SSSR count). The second-order valence-corrected chi connectivity index (χ2v) is 3.94. The highest BCUT2D eigenvalue weighted by Crippen LogP contribution is 2.49. The molecule has 0 bridgehead atoms.